The van der Waals surface area contributed by atoms with Crippen LogP contribution in [0.3, 0.4) is 0 Å². The number of ether oxygens (including phenoxy) is 5. The Labute approximate surface area is 173 Å². The van der Waals surface area contributed by atoms with E-state index in [0.717, 1.165) is 11.1 Å². The second kappa shape index (κ2) is 6.67. The molecule has 30 heavy (non-hydrogen) atoms. The molecule has 0 radical (unpaired) electrons. The molecular formula is C23H22O7. The highest BCUT2D eigenvalue weighted by molar-refractivity contribution is 6.07. The first kappa shape index (κ1) is 18.8. The van der Waals surface area contributed by atoms with E-state index in [-0.39, 0.29) is 13.4 Å². The average Bonchev–Trinajstić information content (AvgIpc) is 3.19. The van der Waals surface area contributed by atoms with E-state index in [1.807, 2.05) is 19.9 Å². The van der Waals surface area contributed by atoms with Crippen LogP contribution in [0.1, 0.15) is 35.3 Å². The van der Waals surface area contributed by atoms with Crippen molar-refractivity contribution in [1.82, 2.24) is 0 Å². The van der Waals surface area contributed by atoms with Gasteiger partial charge in [0.2, 0.25) is 12.6 Å². The van der Waals surface area contributed by atoms with E-state index in [1.54, 1.807) is 31.4 Å². The Morgan fingerprint density at radius 3 is 2.70 bits per heavy atom. The van der Waals surface area contributed by atoms with Crippen LogP contribution in [0, 0.1) is 0 Å². The Balaban J connectivity index is 1.65. The molecule has 0 saturated carbocycles. The van der Waals surface area contributed by atoms with Gasteiger partial charge in [-0.25, -0.2) is 0 Å². The van der Waals surface area contributed by atoms with E-state index in [1.165, 1.54) is 0 Å². The molecule has 2 aromatic rings. The molecule has 3 heterocycles. The minimum atomic E-state index is -1.88. The molecule has 0 aromatic heterocycles. The first-order valence-corrected chi connectivity index (χ1v) is 9.77. The third-order valence-electron chi connectivity index (χ3n) is 5.74. The van der Waals surface area contributed by atoms with Crippen molar-refractivity contribution in [2.45, 2.75) is 32.0 Å². The molecule has 2 unspecified atom stereocenters. The van der Waals surface area contributed by atoms with E-state index >= 15 is 0 Å². The SMILES string of the molecule is COc1ccc2c(c1CC=C(C)C)OC1COc3cc4c(cc3C1(O)C2=O)OCO4. The van der Waals surface area contributed by atoms with Gasteiger partial charge in [0.1, 0.15) is 23.9 Å². The number of aliphatic hydroxyl groups is 1. The van der Waals surface area contributed by atoms with Gasteiger partial charge in [0.15, 0.2) is 23.2 Å². The molecule has 7 heteroatoms. The molecule has 0 bridgehead atoms. The van der Waals surface area contributed by atoms with E-state index in [9.17, 15) is 9.90 Å². The number of hydrogen-bond donors (Lipinski definition) is 1. The van der Waals surface area contributed by atoms with Crippen molar-refractivity contribution in [3.63, 3.8) is 0 Å². The fourth-order valence-electron chi connectivity index (χ4n) is 4.15. The second-order valence-electron chi connectivity index (χ2n) is 7.82. The smallest absolute Gasteiger partial charge is 0.231 e. The number of carbonyl (C=O) groups excluding carboxylic acids is 1. The molecule has 0 spiro atoms. The summed E-state index contributed by atoms with van der Waals surface area (Å²) in [6, 6.07) is 6.61. The molecule has 7 nitrogen and oxygen atoms in total. The maximum Gasteiger partial charge on any atom is 0.231 e. The maximum absolute atomic E-state index is 13.6. The minimum Gasteiger partial charge on any atom is -0.496 e. The Morgan fingerprint density at radius 1 is 1.20 bits per heavy atom. The van der Waals surface area contributed by atoms with Crippen molar-refractivity contribution in [2.24, 2.45) is 0 Å². The summed E-state index contributed by atoms with van der Waals surface area (Å²) >= 11 is 0. The van der Waals surface area contributed by atoms with Crippen LogP contribution in [0.4, 0.5) is 0 Å². The first-order valence-electron chi connectivity index (χ1n) is 9.77. The van der Waals surface area contributed by atoms with Crippen LogP contribution in [0.5, 0.6) is 28.7 Å². The van der Waals surface area contributed by atoms with Crippen molar-refractivity contribution in [2.75, 3.05) is 20.5 Å². The first-order chi connectivity index (χ1) is 14.4. The summed E-state index contributed by atoms with van der Waals surface area (Å²) in [6.45, 7) is 4.11. The summed E-state index contributed by atoms with van der Waals surface area (Å²) in [7, 11) is 1.58. The van der Waals surface area contributed by atoms with Crippen molar-refractivity contribution >= 4 is 5.78 Å². The lowest BCUT2D eigenvalue weighted by molar-refractivity contribution is -0.0802. The summed E-state index contributed by atoms with van der Waals surface area (Å²) in [6.07, 6.45) is 1.69. The molecule has 2 atom stereocenters. The van der Waals surface area contributed by atoms with Crippen LogP contribution < -0.4 is 23.7 Å². The maximum atomic E-state index is 13.6. The number of benzene rings is 2. The Hall–Kier alpha value is -3.19. The largest absolute Gasteiger partial charge is 0.496 e. The Kier molecular flexibility index (Phi) is 4.18. The normalized spacial score (nSPS) is 22.8. The highest BCUT2D eigenvalue weighted by Crippen LogP contribution is 2.51. The van der Waals surface area contributed by atoms with Crippen molar-refractivity contribution in [1.29, 1.82) is 0 Å². The monoisotopic (exact) mass is 410 g/mol. The van der Waals surface area contributed by atoms with Gasteiger partial charge in [-0.2, -0.15) is 0 Å². The number of hydrogen-bond acceptors (Lipinski definition) is 7. The fraction of sp³-hybridized carbons (Fsp3) is 0.348. The van der Waals surface area contributed by atoms with Crippen LogP contribution in [0.25, 0.3) is 0 Å². The number of carbonyl (C=O) groups is 1. The number of methoxy groups -OCH3 is 1. The third kappa shape index (κ3) is 2.58. The fourth-order valence-corrected chi connectivity index (χ4v) is 4.15. The number of fused-ring (bicyclic) bond motifs is 5. The Morgan fingerprint density at radius 2 is 1.97 bits per heavy atom. The molecule has 0 saturated heterocycles. The zero-order valence-corrected chi connectivity index (χ0v) is 17.0. The van der Waals surface area contributed by atoms with Gasteiger partial charge in [0, 0.05) is 17.2 Å². The topological polar surface area (TPSA) is 83.5 Å². The van der Waals surface area contributed by atoms with Gasteiger partial charge in [0.25, 0.3) is 0 Å². The standard InChI is InChI=1S/C23H22O7/c1-12(2)4-5-13-16(26-3)7-6-14-21(13)30-20-10-27-17-9-19-18(28-11-29-19)8-15(17)23(20,25)22(14)24/h4,6-9,20,25H,5,10-11H2,1-3H3. The van der Waals surface area contributed by atoms with Gasteiger partial charge in [-0.3, -0.25) is 4.79 Å². The molecule has 2 aromatic carbocycles. The number of Topliss-reactive ketones (excluding diaryl/α,β-unsaturated/α-hetero) is 1. The molecule has 5 rings (SSSR count). The van der Waals surface area contributed by atoms with Crippen LogP contribution >= 0.6 is 0 Å². The molecule has 156 valence electrons. The zero-order valence-electron chi connectivity index (χ0n) is 17.0. The second-order valence-corrected chi connectivity index (χ2v) is 7.82. The van der Waals surface area contributed by atoms with Crippen LogP contribution in [0.2, 0.25) is 0 Å². The van der Waals surface area contributed by atoms with Crippen LogP contribution in [-0.4, -0.2) is 37.5 Å². The van der Waals surface area contributed by atoms with E-state index in [0.29, 0.717) is 46.3 Å². The third-order valence-corrected chi connectivity index (χ3v) is 5.74. The number of allylic oxidation sites excluding steroid dienone is 2. The van der Waals surface area contributed by atoms with Gasteiger partial charge in [-0.1, -0.05) is 11.6 Å². The van der Waals surface area contributed by atoms with Crippen molar-refractivity contribution in [3.05, 3.63) is 52.6 Å². The summed E-state index contributed by atoms with van der Waals surface area (Å²) in [5.41, 5.74) is 0.657. The lowest BCUT2D eigenvalue weighted by atomic mass is 9.77. The zero-order chi connectivity index (χ0) is 21.0. The summed E-state index contributed by atoms with van der Waals surface area (Å²) in [5.74, 6) is 2.00. The van der Waals surface area contributed by atoms with E-state index < -0.39 is 17.5 Å². The van der Waals surface area contributed by atoms with E-state index in [2.05, 4.69) is 0 Å². The molecular weight excluding hydrogens is 388 g/mol. The molecule has 3 aliphatic rings. The van der Waals surface area contributed by atoms with Gasteiger partial charge in [-0.05, 0) is 38.5 Å². The molecule has 1 N–H and O–H groups in total. The van der Waals surface area contributed by atoms with Crippen LogP contribution in [0.15, 0.2) is 35.9 Å². The van der Waals surface area contributed by atoms with Gasteiger partial charge < -0.3 is 28.8 Å². The molecule has 0 fully saturated rings. The van der Waals surface area contributed by atoms with E-state index in [4.69, 9.17) is 23.7 Å². The summed E-state index contributed by atoms with van der Waals surface area (Å²) < 4.78 is 28.4. The molecule has 3 aliphatic heterocycles. The summed E-state index contributed by atoms with van der Waals surface area (Å²) in [4.78, 5) is 13.6. The predicted molar refractivity (Wildman–Crippen MR) is 107 cm³/mol. The van der Waals surface area contributed by atoms with Gasteiger partial charge >= 0.3 is 0 Å². The predicted octanol–water partition coefficient (Wildman–Crippen LogP) is 3.16. The van der Waals surface area contributed by atoms with Gasteiger partial charge in [-0.15, -0.1) is 0 Å². The van der Waals surface area contributed by atoms with Crippen molar-refractivity contribution in [3.8, 4) is 28.7 Å². The quantitative estimate of drug-likeness (QED) is 0.778. The van der Waals surface area contributed by atoms with Crippen molar-refractivity contribution < 1.29 is 33.6 Å². The highest BCUT2D eigenvalue weighted by atomic mass is 16.7. The Bertz CT molecular complexity index is 1080. The van der Waals surface area contributed by atoms with Gasteiger partial charge in [0.05, 0.1) is 12.7 Å². The van der Waals surface area contributed by atoms with Crippen LogP contribution in [-0.2, 0) is 12.0 Å². The molecule has 0 amide bonds. The lowest BCUT2D eigenvalue weighted by Gasteiger charge is -2.43. The summed E-state index contributed by atoms with van der Waals surface area (Å²) in [5, 5.41) is 11.6. The number of ketones is 1. The lowest BCUT2D eigenvalue weighted by Crippen LogP contribution is -2.57. The average molecular weight is 410 g/mol. The minimum absolute atomic E-state index is 0.0214. The molecule has 0 aliphatic carbocycles. The highest BCUT2D eigenvalue weighted by Gasteiger charge is 2.56. The number of rotatable bonds is 3.